The molecule has 1 unspecified atom stereocenters. The van der Waals surface area contributed by atoms with Gasteiger partial charge in [0.1, 0.15) is 17.1 Å². The molecule has 5 nitrogen and oxygen atoms in total. The van der Waals surface area contributed by atoms with Crippen molar-refractivity contribution in [3.8, 4) is 0 Å². The van der Waals surface area contributed by atoms with Crippen molar-refractivity contribution in [2.75, 3.05) is 12.3 Å². The number of allylic oxidation sites excluding steroid dienone is 1. The van der Waals surface area contributed by atoms with E-state index in [1.807, 2.05) is 0 Å². The minimum absolute atomic E-state index is 0.0803. The van der Waals surface area contributed by atoms with Crippen LogP contribution in [0, 0.1) is 5.41 Å². The number of nitrogens with zero attached hydrogens (tertiary/aromatic N) is 2. The summed E-state index contributed by atoms with van der Waals surface area (Å²) in [6.07, 6.45) is 0.00504. The van der Waals surface area contributed by atoms with Gasteiger partial charge in [0.25, 0.3) is 0 Å². The molecular formula is C14H16Cl2F3N4OS+. The van der Waals surface area contributed by atoms with Crippen LogP contribution in [0.3, 0.4) is 0 Å². The summed E-state index contributed by atoms with van der Waals surface area (Å²) in [5.74, 6) is -1.12. The largest absolute Gasteiger partial charge is 0.414 e. The number of hydrogen-bond donors (Lipinski definition) is 2. The van der Waals surface area contributed by atoms with Crippen molar-refractivity contribution < 1.29 is 23.3 Å². The Morgan fingerprint density at radius 3 is 2.72 bits per heavy atom. The molecule has 1 aromatic heterocycles. The highest BCUT2D eigenvalue weighted by molar-refractivity contribution is 8.01. The first-order valence-corrected chi connectivity index (χ1v) is 8.85. The van der Waals surface area contributed by atoms with Crippen molar-refractivity contribution in [2.45, 2.75) is 17.8 Å². The molecule has 0 spiro atoms. The molecule has 0 bridgehead atoms. The van der Waals surface area contributed by atoms with E-state index in [4.69, 9.17) is 28.6 Å². The number of nitrogens with two attached hydrogens (primary N) is 1. The van der Waals surface area contributed by atoms with E-state index in [1.165, 1.54) is 6.20 Å². The topological polar surface area (TPSA) is 73.7 Å². The van der Waals surface area contributed by atoms with Gasteiger partial charge in [-0.15, -0.1) is 23.4 Å². The Morgan fingerprint density at radius 1 is 1.56 bits per heavy atom. The molecule has 25 heavy (non-hydrogen) atoms. The number of carbonyl (C=O) groups excluding carboxylic acids is 1. The van der Waals surface area contributed by atoms with Gasteiger partial charge in [0.05, 0.1) is 11.9 Å². The molecule has 1 heterocycles. The molecule has 1 atom stereocenters. The van der Waals surface area contributed by atoms with Gasteiger partial charge in [-0.25, -0.2) is 0 Å². The highest BCUT2D eigenvalue weighted by atomic mass is 35.5. The number of aromatic nitrogens is 1. The van der Waals surface area contributed by atoms with E-state index in [0.717, 1.165) is 4.90 Å². The fraction of sp³-hybridized carbons (Fsp3) is 0.357. The van der Waals surface area contributed by atoms with Crippen LogP contribution < -0.4 is 5.32 Å². The summed E-state index contributed by atoms with van der Waals surface area (Å²) in [6.45, 7) is 1.77. The first kappa shape index (κ1) is 21.8. The number of pyridine rings is 1. The number of hydrogen-bond acceptors (Lipinski definition) is 4. The molecule has 1 aromatic rings. The van der Waals surface area contributed by atoms with Crippen LogP contribution in [0.2, 0.25) is 0 Å². The number of thioether (sulfide) groups is 1. The Bertz CT molecular complexity index is 628. The normalized spacial score (nSPS) is 13.4. The predicted octanol–water partition coefficient (Wildman–Crippen LogP) is 3.04. The van der Waals surface area contributed by atoms with E-state index in [1.54, 1.807) is 36.8 Å². The molecule has 0 aliphatic rings. The van der Waals surface area contributed by atoms with Crippen LogP contribution in [0.5, 0.6) is 0 Å². The SMILES string of the molecule is CCN(C(=O)CSC(Cl)C(F)(F)F)C(=C[NH2+]c1cccnc1)C(=N)Cl. The van der Waals surface area contributed by atoms with Crippen molar-refractivity contribution in [1.82, 2.24) is 9.88 Å². The Hall–Kier alpha value is -1.29. The zero-order valence-corrected chi connectivity index (χ0v) is 15.4. The third-order valence-electron chi connectivity index (χ3n) is 2.86. The van der Waals surface area contributed by atoms with Gasteiger partial charge in [-0.2, -0.15) is 13.2 Å². The summed E-state index contributed by atoms with van der Waals surface area (Å²) in [6, 6.07) is 3.47. The van der Waals surface area contributed by atoms with Crippen LogP contribution in [0.15, 0.2) is 36.4 Å². The first-order valence-electron chi connectivity index (χ1n) is 6.99. The van der Waals surface area contributed by atoms with Crippen LogP contribution in [0.1, 0.15) is 6.92 Å². The smallest absolute Gasteiger partial charge is 0.305 e. The average Bonchev–Trinajstić information content (AvgIpc) is 2.55. The van der Waals surface area contributed by atoms with Crippen LogP contribution in [-0.4, -0.2) is 44.1 Å². The second-order valence-electron chi connectivity index (χ2n) is 4.63. The number of nitrogens with one attached hydrogen (secondary N) is 1. The molecule has 0 saturated heterocycles. The van der Waals surface area contributed by atoms with Crippen molar-refractivity contribution in [1.29, 1.82) is 5.41 Å². The second-order valence-corrected chi connectivity index (χ2v) is 6.79. The minimum Gasteiger partial charge on any atom is -0.305 e. The molecular weight excluding hydrogens is 400 g/mol. The third-order valence-corrected chi connectivity index (χ3v) is 4.65. The Balaban J connectivity index is 2.84. The van der Waals surface area contributed by atoms with E-state index >= 15 is 0 Å². The molecule has 1 rings (SSSR count). The van der Waals surface area contributed by atoms with Gasteiger partial charge in [-0.05, 0) is 13.0 Å². The highest BCUT2D eigenvalue weighted by Crippen LogP contribution is 2.33. The molecule has 0 saturated carbocycles. The van der Waals surface area contributed by atoms with Crippen LogP contribution in [0.25, 0.3) is 0 Å². The fourth-order valence-electron chi connectivity index (χ4n) is 1.73. The number of alkyl halides is 4. The van der Waals surface area contributed by atoms with Gasteiger partial charge < -0.3 is 4.90 Å². The van der Waals surface area contributed by atoms with E-state index in [9.17, 15) is 18.0 Å². The molecule has 0 aromatic carbocycles. The van der Waals surface area contributed by atoms with Crippen LogP contribution >= 0.6 is 35.0 Å². The highest BCUT2D eigenvalue weighted by Gasteiger charge is 2.39. The first-order chi connectivity index (χ1) is 11.7. The molecule has 0 aliphatic carbocycles. The van der Waals surface area contributed by atoms with E-state index in [2.05, 4.69) is 4.98 Å². The number of halogens is 5. The third kappa shape index (κ3) is 7.23. The molecule has 138 valence electrons. The van der Waals surface area contributed by atoms with Gasteiger partial charge in [0.2, 0.25) is 5.91 Å². The summed E-state index contributed by atoms with van der Waals surface area (Å²) in [4.78, 5) is 17.3. The average molecular weight is 416 g/mol. The second kappa shape index (κ2) is 10.0. The van der Waals surface area contributed by atoms with E-state index in [0.29, 0.717) is 5.69 Å². The number of rotatable bonds is 8. The van der Waals surface area contributed by atoms with Crippen molar-refractivity contribution in [3.63, 3.8) is 0 Å². The lowest BCUT2D eigenvalue weighted by molar-refractivity contribution is -0.497. The number of amides is 1. The maximum Gasteiger partial charge on any atom is 0.414 e. The zero-order chi connectivity index (χ0) is 19.0. The van der Waals surface area contributed by atoms with E-state index in [-0.39, 0.29) is 24.0 Å². The molecule has 1 amide bonds. The van der Waals surface area contributed by atoms with Crippen molar-refractivity contribution in [2.24, 2.45) is 0 Å². The Morgan fingerprint density at radius 2 is 2.24 bits per heavy atom. The molecule has 0 radical (unpaired) electrons. The molecule has 3 N–H and O–H groups in total. The van der Waals surface area contributed by atoms with Crippen molar-refractivity contribution in [3.05, 3.63) is 36.4 Å². The number of quaternary nitrogens is 1. The van der Waals surface area contributed by atoms with Crippen LogP contribution in [-0.2, 0) is 4.79 Å². The predicted molar refractivity (Wildman–Crippen MR) is 93.0 cm³/mol. The van der Waals surface area contributed by atoms with Gasteiger partial charge in [-0.3, -0.25) is 20.5 Å². The maximum absolute atomic E-state index is 12.4. The van der Waals surface area contributed by atoms with Gasteiger partial charge in [0.15, 0.2) is 10.4 Å². The molecule has 11 heteroatoms. The molecule has 0 aliphatic heterocycles. The Labute approximate surface area is 157 Å². The quantitative estimate of drug-likeness (QED) is 0.506. The van der Waals surface area contributed by atoms with Gasteiger partial charge in [-0.1, -0.05) is 11.6 Å². The van der Waals surface area contributed by atoms with Gasteiger partial charge in [0, 0.05) is 18.8 Å². The lowest BCUT2D eigenvalue weighted by Crippen LogP contribution is -2.72. The van der Waals surface area contributed by atoms with Crippen molar-refractivity contribution >= 4 is 51.7 Å². The maximum atomic E-state index is 12.4. The summed E-state index contributed by atoms with van der Waals surface area (Å²) in [7, 11) is 0. The fourth-order valence-corrected chi connectivity index (χ4v) is 2.72. The summed E-state index contributed by atoms with van der Waals surface area (Å²) in [5.41, 5.74) is 0.797. The number of carbonyl (C=O) groups is 1. The van der Waals surface area contributed by atoms with E-state index < -0.39 is 27.7 Å². The zero-order valence-electron chi connectivity index (χ0n) is 13.1. The lowest BCUT2D eigenvalue weighted by Gasteiger charge is -2.22. The standard InChI is InChI=1S/C14H15Cl2F3N4OS/c1-2-23(11(24)8-25-13(16)14(17,18)19)10(12(15)20)7-22-9-4-3-5-21-6-9/h3-7,13,20,22H,2,8H2,1H3/p+1. The Kier molecular flexibility index (Phi) is 8.70. The summed E-state index contributed by atoms with van der Waals surface area (Å²) < 4.78 is 35.1. The molecule has 0 fully saturated rings. The monoisotopic (exact) mass is 415 g/mol. The van der Waals surface area contributed by atoms with Crippen LogP contribution in [0.4, 0.5) is 18.9 Å². The summed E-state index contributed by atoms with van der Waals surface area (Å²) in [5, 5.41) is 8.81. The van der Waals surface area contributed by atoms with Gasteiger partial charge >= 0.3 is 6.18 Å². The minimum atomic E-state index is -4.60. The lowest BCUT2D eigenvalue weighted by atomic mass is 10.3. The summed E-state index contributed by atoms with van der Waals surface area (Å²) >= 11 is 11.2.